The highest BCUT2D eigenvalue weighted by molar-refractivity contribution is 5.72. The average molecular weight is 284 g/mol. The number of ether oxygens (including phenoxy) is 1. The van der Waals surface area contributed by atoms with Gasteiger partial charge in [0.05, 0.1) is 12.5 Å². The fraction of sp³-hybridized carbons (Fsp3) is 0.938. The Hall–Kier alpha value is -0.610. The summed E-state index contributed by atoms with van der Waals surface area (Å²) in [7, 11) is 2.18. The second-order valence-electron chi connectivity index (χ2n) is 6.00. The van der Waals surface area contributed by atoms with E-state index in [0.29, 0.717) is 18.7 Å². The van der Waals surface area contributed by atoms with Gasteiger partial charge in [-0.2, -0.15) is 0 Å². The Labute approximate surface area is 124 Å². The summed E-state index contributed by atoms with van der Waals surface area (Å²) in [6.07, 6.45) is 5.42. The van der Waals surface area contributed by atoms with Gasteiger partial charge in [-0.25, -0.2) is 0 Å². The molecular weight excluding hydrogens is 252 g/mol. The number of hydrogen-bond acceptors (Lipinski definition) is 4. The number of carbonyl (C=O) groups is 1. The summed E-state index contributed by atoms with van der Waals surface area (Å²) in [5.74, 6) is 0.101. The van der Waals surface area contributed by atoms with E-state index in [2.05, 4.69) is 31.1 Å². The molecule has 0 aromatic heterocycles. The zero-order valence-electron chi connectivity index (χ0n) is 13.7. The standard InChI is InChI=1S/C16H32N2O2/c1-5-13(3)18(4)11-10-17-15-9-7-8-14(12-15)16(19)20-6-2/h13-15,17H,5-12H2,1-4H3. The summed E-state index contributed by atoms with van der Waals surface area (Å²) in [6, 6.07) is 1.11. The van der Waals surface area contributed by atoms with Crippen LogP contribution in [0.4, 0.5) is 0 Å². The van der Waals surface area contributed by atoms with Crippen LogP contribution in [-0.2, 0) is 9.53 Å². The molecule has 3 atom stereocenters. The molecule has 0 bridgehead atoms. The minimum absolute atomic E-state index is 0.00396. The molecule has 1 N–H and O–H groups in total. The quantitative estimate of drug-likeness (QED) is 0.695. The first-order chi connectivity index (χ1) is 9.58. The van der Waals surface area contributed by atoms with Crippen molar-refractivity contribution in [2.24, 2.45) is 5.92 Å². The van der Waals surface area contributed by atoms with Crippen molar-refractivity contribution in [1.29, 1.82) is 0 Å². The molecule has 20 heavy (non-hydrogen) atoms. The van der Waals surface area contributed by atoms with Gasteiger partial charge < -0.3 is 15.0 Å². The number of likely N-dealkylation sites (N-methyl/N-ethyl adjacent to an activating group) is 1. The molecule has 3 unspecified atom stereocenters. The molecule has 1 aliphatic carbocycles. The molecule has 0 heterocycles. The van der Waals surface area contributed by atoms with Crippen LogP contribution in [0.15, 0.2) is 0 Å². The summed E-state index contributed by atoms with van der Waals surface area (Å²) in [5.41, 5.74) is 0. The van der Waals surface area contributed by atoms with Crippen LogP contribution in [0.2, 0.25) is 0 Å². The molecule has 0 aromatic rings. The molecule has 0 aliphatic heterocycles. The Morgan fingerprint density at radius 3 is 2.80 bits per heavy atom. The number of esters is 1. The molecule has 0 radical (unpaired) electrons. The van der Waals surface area contributed by atoms with Crippen LogP contribution in [0.25, 0.3) is 0 Å². The molecule has 118 valence electrons. The fourth-order valence-electron chi connectivity index (χ4n) is 2.83. The van der Waals surface area contributed by atoms with E-state index in [9.17, 15) is 4.79 Å². The number of nitrogens with one attached hydrogen (secondary N) is 1. The van der Waals surface area contributed by atoms with E-state index in [4.69, 9.17) is 4.74 Å². The van der Waals surface area contributed by atoms with Gasteiger partial charge >= 0.3 is 5.97 Å². The SMILES string of the molecule is CCOC(=O)C1CCCC(NCCN(C)C(C)CC)C1. The van der Waals surface area contributed by atoms with Crippen LogP contribution in [0.1, 0.15) is 52.9 Å². The highest BCUT2D eigenvalue weighted by Crippen LogP contribution is 2.25. The molecule has 0 aromatic carbocycles. The van der Waals surface area contributed by atoms with Crippen LogP contribution in [0.5, 0.6) is 0 Å². The highest BCUT2D eigenvalue weighted by Gasteiger charge is 2.27. The summed E-state index contributed by atoms with van der Waals surface area (Å²) in [4.78, 5) is 14.2. The van der Waals surface area contributed by atoms with Gasteiger partial charge in [-0.1, -0.05) is 13.3 Å². The van der Waals surface area contributed by atoms with Crippen LogP contribution in [0.3, 0.4) is 0 Å². The molecule has 1 rings (SSSR count). The molecule has 4 nitrogen and oxygen atoms in total. The fourth-order valence-corrected chi connectivity index (χ4v) is 2.83. The van der Waals surface area contributed by atoms with Crippen LogP contribution < -0.4 is 5.32 Å². The van der Waals surface area contributed by atoms with Crippen molar-refractivity contribution in [2.75, 3.05) is 26.7 Å². The van der Waals surface area contributed by atoms with Crippen molar-refractivity contribution in [3.05, 3.63) is 0 Å². The predicted octanol–water partition coefficient (Wildman–Crippen LogP) is 2.43. The molecule has 1 aliphatic rings. The van der Waals surface area contributed by atoms with E-state index in [1.807, 2.05) is 6.92 Å². The van der Waals surface area contributed by atoms with E-state index in [1.54, 1.807) is 0 Å². The molecule has 1 saturated carbocycles. The molecule has 0 spiro atoms. The maximum atomic E-state index is 11.8. The summed E-state index contributed by atoms with van der Waals surface area (Å²) in [5, 5.41) is 3.61. The van der Waals surface area contributed by atoms with Gasteiger partial charge in [0, 0.05) is 25.2 Å². The van der Waals surface area contributed by atoms with Gasteiger partial charge in [0.25, 0.3) is 0 Å². The predicted molar refractivity (Wildman–Crippen MR) is 82.8 cm³/mol. The second-order valence-corrected chi connectivity index (χ2v) is 6.00. The van der Waals surface area contributed by atoms with E-state index in [0.717, 1.165) is 32.4 Å². The number of hydrogen-bond donors (Lipinski definition) is 1. The smallest absolute Gasteiger partial charge is 0.308 e. The molecular formula is C16H32N2O2. The highest BCUT2D eigenvalue weighted by atomic mass is 16.5. The zero-order valence-corrected chi connectivity index (χ0v) is 13.7. The van der Waals surface area contributed by atoms with Crippen molar-refractivity contribution in [3.8, 4) is 0 Å². The van der Waals surface area contributed by atoms with E-state index in [1.165, 1.54) is 12.8 Å². The third-order valence-corrected chi connectivity index (χ3v) is 4.53. The monoisotopic (exact) mass is 284 g/mol. The first-order valence-corrected chi connectivity index (χ1v) is 8.18. The third-order valence-electron chi connectivity index (χ3n) is 4.53. The van der Waals surface area contributed by atoms with Gasteiger partial charge in [-0.3, -0.25) is 4.79 Å². The van der Waals surface area contributed by atoms with Gasteiger partial charge in [0.15, 0.2) is 0 Å². The summed E-state index contributed by atoms with van der Waals surface area (Å²) < 4.78 is 5.14. The van der Waals surface area contributed by atoms with Crippen molar-refractivity contribution >= 4 is 5.97 Å². The van der Waals surface area contributed by atoms with Crippen molar-refractivity contribution in [3.63, 3.8) is 0 Å². The maximum absolute atomic E-state index is 11.8. The summed E-state index contributed by atoms with van der Waals surface area (Å²) >= 11 is 0. The Kier molecular flexibility index (Phi) is 8.15. The van der Waals surface area contributed by atoms with Crippen LogP contribution in [0, 0.1) is 5.92 Å². The first-order valence-electron chi connectivity index (χ1n) is 8.18. The number of nitrogens with zero attached hydrogens (tertiary/aromatic N) is 1. The second kappa shape index (κ2) is 9.35. The van der Waals surface area contributed by atoms with Crippen molar-refractivity contribution in [2.45, 2.75) is 65.0 Å². The molecule has 4 heteroatoms. The Balaban J connectivity index is 2.25. The lowest BCUT2D eigenvalue weighted by molar-refractivity contribution is -0.149. The third kappa shape index (κ3) is 5.80. The lowest BCUT2D eigenvalue weighted by Crippen LogP contribution is -2.41. The lowest BCUT2D eigenvalue weighted by atomic mass is 9.86. The Bertz CT molecular complexity index is 284. The molecule has 0 saturated heterocycles. The largest absolute Gasteiger partial charge is 0.466 e. The number of carbonyl (C=O) groups excluding carboxylic acids is 1. The van der Waals surface area contributed by atoms with Crippen LogP contribution in [-0.4, -0.2) is 49.7 Å². The summed E-state index contributed by atoms with van der Waals surface area (Å²) in [6.45, 7) is 8.92. The minimum atomic E-state index is -0.00396. The average Bonchev–Trinajstić information content (AvgIpc) is 2.46. The van der Waals surface area contributed by atoms with E-state index >= 15 is 0 Å². The number of rotatable bonds is 8. The van der Waals surface area contributed by atoms with Gasteiger partial charge in [0.1, 0.15) is 0 Å². The van der Waals surface area contributed by atoms with Crippen molar-refractivity contribution in [1.82, 2.24) is 10.2 Å². The maximum Gasteiger partial charge on any atom is 0.308 e. The lowest BCUT2D eigenvalue weighted by Gasteiger charge is -2.30. The zero-order chi connectivity index (χ0) is 15.0. The molecule has 1 fully saturated rings. The Morgan fingerprint density at radius 2 is 2.15 bits per heavy atom. The normalized spacial score (nSPS) is 24.6. The van der Waals surface area contributed by atoms with E-state index in [-0.39, 0.29) is 11.9 Å². The van der Waals surface area contributed by atoms with Gasteiger partial charge in [0.2, 0.25) is 0 Å². The molecule has 0 amide bonds. The van der Waals surface area contributed by atoms with E-state index < -0.39 is 0 Å². The Morgan fingerprint density at radius 1 is 1.40 bits per heavy atom. The van der Waals surface area contributed by atoms with Gasteiger partial charge in [-0.05, 0) is 46.6 Å². The minimum Gasteiger partial charge on any atom is -0.466 e. The van der Waals surface area contributed by atoms with Gasteiger partial charge in [-0.15, -0.1) is 0 Å². The van der Waals surface area contributed by atoms with Crippen LogP contribution >= 0.6 is 0 Å². The first kappa shape index (κ1) is 17.4. The topological polar surface area (TPSA) is 41.6 Å². The van der Waals surface area contributed by atoms with Crippen molar-refractivity contribution < 1.29 is 9.53 Å².